The zero-order chi connectivity index (χ0) is 28.1. The van der Waals surface area contributed by atoms with Gasteiger partial charge in [-0.05, 0) is 48.9 Å². The molecule has 1 aliphatic rings. The van der Waals surface area contributed by atoms with E-state index in [9.17, 15) is 15.0 Å². The first-order valence-electron chi connectivity index (χ1n) is 13.3. The summed E-state index contributed by atoms with van der Waals surface area (Å²) in [5.74, 6) is 1.01. The predicted molar refractivity (Wildman–Crippen MR) is 155 cm³/mol. The van der Waals surface area contributed by atoms with Crippen molar-refractivity contribution < 1.29 is 24.2 Å². The molecule has 5 rings (SSSR count). The van der Waals surface area contributed by atoms with Gasteiger partial charge in [-0.1, -0.05) is 29.8 Å². The lowest BCUT2D eigenvalue weighted by Crippen LogP contribution is -2.50. The number of ether oxygens (including phenoxy) is 1. The minimum atomic E-state index is -0.662. The highest BCUT2D eigenvalue weighted by Crippen LogP contribution is 2.28. The van der Waals surface area contributed by atoms with Gasteiger partial charge in [0.1, 0.15) is 24.0 Å². The highest BCUT2D eigenvalue weighted by Gasteiger charge is 2.22. The summed E-state index contributed by atoms with van der Waals surface area (Å²) >= 11 is 5.97. The van der Waals surface area contributed by atoms with Crippen molar-refractivity contribution in [2.24, 2.45) is 0 Å². The van der Waals surface area contributed by atoms with Gasteiger partial charge in [0.05, 0.1) is 13.2 Å². The fraction of sp³-hybridized carbons (Fsp3) is 0.333. The number of halogens is 1. The van der Waals surface area contributed by atoms with E-state index in [4.69, 9.17) is 20.8 Å². The van der Waals surface area contributed by atoms with Crippen LogP contribution in [-0.4, -0.2) is 82.9 Å². The van der Waals surface area contributed by atoms with Crippen LogP contribution in [0.25, 0.3) is 22.6 Å². The van der Waals surface area contributed by atoms with E-state index in [-0.39, 0.29) is 25.7 Å². The first kappa shape index (κ1) is 28.1. The Morgan fingerprint density at radius 2 is 1.85 bits per heavy atom. The van der Waals surface area contributed by atoms with Gasteiger partial charge in [-0.3, -0.25) is 14.6 Å². The molecule has 0 saturated carbocycles. The Bertz CT molecular complexity index is 1450. The number of aromatic nitrogens is 1. The summed E-state index contributed by atoms with van der Waals surface area (Å²) in [6.45, 7) is 5.64. The van der Waals surface area contributed by atoms with Crippen molar-refractivity contribution in [3.8, 4) is 17.2 Å². The largest absolute Gasteiger partial charge is 0.491 e. The zero-order valence-corrected chi connectivity index (χ0v) is 23.1. The molecular formula is C30H33ClN4O5. The van der Waals surface area contributed by atoms with E-state index in [2.05, 4.69) is 20.1 Å². The molecule has 1 fully saturated rings. The number of amides is 1. The summed E-state index contributed by atoms with van der Waals surface area (Å²) in [7, 11) is 0. The molecular weight excluding hydrogens is 532 g/mol. The fourth-order valence-corrected chi connectivity index (χ4v) is 4.93. The van der Waals surface area contributed by atoms with E-state index in [1.165, 1.54) is 0 Å². The van der Waals surface area contributed by atoms with E-state index >= 15 is 0 Å². The van der Waals surface area contributed by atoms with Gasteiger partial charge >= 0.3 is 0 Å². The number of aryl methyl sites for hydroxylation is 1. The molecule has 4 aromatic rings. The topological polar surface area (TPSA) is 111 Å². The van der Waals surface area contributed by atoms with Crippen LogP contribution < -0.4 is 10.1 Å². The predicted octanol–water partition coefficient (Wildman–Crippen LogP) is 3.94. The first-order valence-corrected chi connectivity index (χ1v) is 13.7. The lowest BCUT2D eigenvalue weighted by atomic mass is 10.1. The second-order valence-electron chi connectivity index (χ2n) is 10.0. The third-order valence-corrected chi connectivity index (χ3v) is 7.24. The summed E-state index contributed by atoms with van der Waals surface area (Å²) in [5.41, 5.74) is 4.47. The number of piperazine rings is 1. The smallest absolute Gasteiger partial charge is 0.238 e. The molecule has 1 amide bonds. The number of para-hydroxylation sites is 1. The molecule has 1 aromatic heterocycles. The van der Waals surface area contributed by atoms with E-state index < -0.39 is 6.10 Å². The van der Waals surface area contributed by atoms with Crippen molar-refractivity contribution in [2.75, 3.05) is 51.2 Å². The molecule has 0 spiro atoms. The van der Waals surface area contributed by atoms with Gasteiger partial charge in [0, 0.05) is 60.6 Å². The Hall–Kier alpha value is -3.47. The maximum absolute atomic E-state index is 12.6. The van der Waals surface area contributed by atoms with Crippen LogP contribution >= 0.6 is 11.6 Å². The highest BCUT2D eigenvalue weighted by atomic mass is 35.5. The van der Waals surface area contributed by atoms with Gasteiger partial charge in [0.25, 0.3) is 0 Å². The standard InChI is InChI=1S/C30H33ClN4O5/c1-20-3-2-4-22(18-36)29(20)33-28(38)17-35-13-11-34(12-14-35)16-24(37)19-39-25-9-10-27-26(15-25)32-30(40-27)21-5-7-23(31)8-6-21/h2-10,15,24,36-37H,11-14,16-19H2,1H3,(H,33,38)/t24-/m0/s1. The normalized spacial score (nSPS) is 15.3. The van der Waals surface area contributed by atoms with Crippen LogP contribution in [0, 0.1) is 6.92 Å². The number of rotatable bonds is 10. The summed E-state index contributed by atoms with van der Waals surface area (Å²) in [5, 5.41) is 23.8. The summed E-state index contributed by atoms with van der Waals surface area (Å²) < 4.78 is 11.7. The number of aliphatic hydroxyl groups excluding tert-OH is 2. The molecule has 1 aliphatic heterocycles. The Kier molecular flexibility index (Phi) is 8.98. The lowest BCUT2D eigenvalue weighted by Gasteiger charge is -2.35. The Balaban J connectivity index is 1.06. The maximum atomic E-state index is 12.6. The van der Waals surface area contributed by atoms with Crippen molar-refractivity contribution in [1.29, 1.82) is 0 Å². The monoisotopic (exact) mass is 564 g/mol. The van der Waals surface area contributed by atoms with E-state index in [1.54, 1.807) is 24.3 Å². The van der Waals surface area contributed by atoms with Crippen LogP contribution in [-0.2, 0) is 11.4 Å². The number of hydrogen-bond acceptors (Lipinski definition) is 8. The van der Waals surface area contributed by atoms with Crippen molar-refractivity contribution >= 4 is 34.3 Å². The van der Waals surface area contributed by atoms with Gasteiger partial charge in [0.15, 0.2) is 5.58 Å². The van der Waals surface area contributed by atoms with Gasteiger partial charge in [0.2, 0.25) is 11.8 Å². The van der Waals surface area contributed by atoms with Crippen molar-refractivity contribution in [1.82, 2.24) is 14.8 Å². The SMILES string of the molecule is Cc1cccc(CO)c1NC(=O)CN1CCN(C[C@H](O)COc2ccc3oc(-c4ccc(Cl)cc4)nc3c2)CC1. The number of nitrogens with zero attached hydrogens (tertiary/aromatic N) is 3. The quantitative estimate of drug-likeness (QED) is 0.266. The van der Waals surface area contributed by atoms with Crippen LogP contribution in [0.2, 0.25) is 5.02 Å². The molecule has 210 valence electrons. The number of oxazole rings is 1. The van der Waals surface area contributed by atoms with Crippen LogP contribution in [0.5, 0.6) is 5.75 Å². The van der Waals surface area contributed by atoms with Gasteiger partial charge in [-0.2, -0.15) is 0 Å². The van der Waals surface area contributed by atoms with Gasteiger partial charge in [-0.25, -0.2) is 4.98 Å². The molecule has 1 saturated heterocycles. The molecule has 3 aromatic carbocycles. The minimum Gasteiger partial charge on any atom is -0.491 e. The Morgan fingerprint density at radius 1 is 1.10 bits per heavy atom. The van der Waals surface area contributed by atoms with Crippen molar-refractivity contribution in [3.05, 3.63) is 76.8 Å². The van der Waals surface area contributed by atoms with E-state index in [1.807, 2.05) is 43.3 Å². The van der Waals surface area contributed by atoms with E-state index in [0.717, 1.165) is 37.3 Å². The average Bonchev–Trinajstić information content (AvgIpc) is 3.38. The van der Waals surface area contributed by atoms with Crippen molar-refractivity contribution in [3.63, 3.8) is 0 Å². The number of benzene rings is 3. The second kappa shape index (κ2) is 12.8. The third-order valence-electron chi connectivity index (χ3n) is 6.99. The van der Waals surface area contributed by atoms with Gasteiger partial charge < -0.3 is 24.7 Å². The fourth-order valence-electron chi connectivity index (χ4n) is 4.81. The van der Waals surface area contributed by atoms with Gasteiger partial charge in [-0.15, -0.1) is 0 Å². The van der Waals surface area contributed by atoms with Crippen LogP contribution in [0.4, 0.5) is 5.69 Å². The number of nitrogens with one attached hydrogen (secondary N) is 1. The van der Waals surface area contributed by atoms with Crippen LogP contribution in [0.15, 0.2) is 65.1 Å². The Labute approximate surface area is 237 Å². The summed E-state index contributed by atoms with van der Waals surface area (Å²) in [4.78, 5) is 21.4. The van der Waals surface area contributed by atoms with Crippen molar-refractivity contribution in [2.45, 2.75) is 19.6 Å². The number of anilines is 1. The molecule has 0 unspecified atom stereocenters. The lowest BCUT2D eigenvalue weighted by molar-refractivity contribution is -0.117. The Morgan fingerprint density at radius 3 is 2.60 bits per heavy atom. The summed E-state index contributed by atoms with van der Waals surface area (Å²) in [6.07, 6.45) is -0.662. The summed E-state index contributed by atoms with van der Waals surface area (Å²) in [6, 6.07) is 18.3. The number of hydrogen-bond donors (Lipinski definition) is 3. The van der Waals surface area contributed by atoms with Crippen LogP contribution in [0.1, 0.15) is 11.1 Å². The molecule has 1 atom stereocenters. The maximum Gasteiger partial charge on any atom is 0.238 e. The number of fused-ring (bicyclic) bond motifs is 1. The molecule has 0 bridgehead atoms. The number of β-amino-alcohol motifs (C(OH)–C–C–N with tert-alkyl or cyclic N) is 1. The second-order valence-corrected chi connectivity index (χ2v) is 10.4. The molecule has 10 heteroatoms. The third kappa shape index (κ3) is 6.99. The number of carbonyl (C=O) groups excluding carboxylic acids is 1. The first-order chi connectivity index (χ1) is 19.4. The minimum absolute atomic E-state index is 0.102. The molecule has 2 heterocycles. The average molecular weight is 565 g/mol. The molecule has 40 heavy (non-hydrogen) atoms. The molecule has 0 aliphatic carbocycles. The van der Waals surface area contributed by atoms with E-state index in [0.29, 0.717) is 45.6 Å². The number of aliphatic hydroxyl groups is 2. The molecule has 3 N–H and O–H groups in total. The molecule has 9 nitrogen and oxygen atoms in total. The zero-order valence-electron chi connectivity index (χ0n) is 22.3. The highest BCUT2D eigenvalue weighted by molar-refractivity contribution is 6.30. The molecule has 0 radical (unpaired) electrons. The number of carbonyl (C=O) groups is 1. The van der Waals surface area contributed by atoms with Crippen LogP contribution in [0.3, 0.4) is 0 Å².